The van der Waals surface area contributed by atoms with E-state index in [4.69, 9.17) is 0 Å². The van der Waals surface area contributed by atoms with Crippen molar-refractivity contribution in [1.82, 2.24) is 10.2 Å². The average Bonchev–Trinajstić information content (AvgIpc) is 2.24. The molecule has 1 amide bonds. The summed E-state index contributed by atoms with van der Waals surface area (Å²) in [4.78, 5) is 13.3. The molecule has 0 aromatic rings. The zero-order chi connectivity index (χ0) is 12.9. The van der Waals surface area contributed by atoms with Gasteiger partial charge in [-0.05, 0) is 31.8 Å². The van der Waals surface area contributed by atoms with Gasteiger partial charge >= 0.3 is 0 Å². The minimum absolute atomic E-state index is 0.255. The van der Waals surface area contributed by atoms with Crippen LogP contribution in [0, 0.1) is 5.92 Å². The first-order valence-electron chi connectivity index (χ1n) is 6.08. The maximum atomic E-state index is 11.7. The molecule has 0 unspecified atom stereocenters. The third-order valence-electron chi connectivity index (χ3n) is 3.04. The summed E-state index contributed by atoms with van der Waals surface area (Å²) in [6, 6.07) is 0. The number of piperidine rings is 1. The highest BCUT2D eigenvalue weighted by atomic mass is 32.2. The largest absolute Gasteiger partial charge is 0.342 e. The molecule has 17 heavy (non-hydrogen) atoms. The van der Waals surface area contributed by atoms with Crippen molar-refractivity contribution in [3.63, 3.8) is 0 Å². The van der Waals surface area contributed by atoms with Gasteiger partial charge in [-0.1, -0.05) is 6.92 Å². The SMILES string of the molecule is CCNCC1CCN(C(=O)CS(C)(=O)=O)CC1. The Hall–Kier alpha value is -0.620. The minimum Gasteiger partial charge on any atom is -0.342 e. The Balaban J connectivity index is 2.34. The Kier molecular flexibility index (Phi) is 5.39. The van der Waals surface area contributed by atoms with E-state index in [2.05, 4.69) is 12.2 Å². The highest BCUT2D eigenvalue weighted by Gasteiger charge is 2.24. The van der Waals surface area contributed by atoms with Crippen molar-refractivity contribution in [3.8, 4) is 0 Å². The Bertz CT molecular complexity index is 346. The number of nitrogens with zero attached hydrogens (tertiary/aromatic N) is 1. The smallest absolute Gasteiger partial charge is 0.237 e. The van der Waals surface area contributed by atoms with Gasteiger partial charge < -0.3 is 10.2 Å². The summed E-state index contributed by atoms with van der Waals surface area (Å²) < 4.78 is 22.1. The summed E-state index contributed by atoms with van der Waals surface area (Å²) in [6.45, 7) is 5.40. The van der Waals surface area contributed by atoms with Crippen LogP contribution in [0.5, 0.6) is 0 Å². The summed E-state index contributed by atoms with van der Waals surface area (Å²) in [6.07, 6.45) is 3.02. The topological polar surface area (TPSA) is 66.5 Å². The van der Waals surface area contributed by atoms with Crippen molar-refractivity contribution in [2.24, 2.45) is 5.92 Å². The third kappa shape index (κ3) is 5.50. The van der Waals surface area contributed by atoms with Crippen LogP contribution in [0.3, 0.4) is 0 Å². The van der Waals surface area contributed by atoms with Crippen LogP contribution < -0.4 is 5.32 Å². The normalized spacial score (nSPS) is 18.4. The van der Waals surface area contributed by atoms with E-state index in [-0.39, 0.29) is 11.7 Å². The Labute approximate surface area is 103 Å². The number of likely N-dealkylation sites (tertiary alicyclic amines) is 1. The zero-order valence-electron chi connectivity index (χ0n) is 10.6. The van der Waals surface area contributed by atoms with E-state index in [9.17, 15) is 13.2 Å². The van der Waals surface area contributed by atoms with E-state index < -0.39 is 9.84 Å². The number of carbonyl (C=O) groups excluding carboxylic acids is 1. The fourth-order valence-electron chi connectivity index (χ4n) is 2.05. The Morgan fingerprint density at radius 2 is 1.94 bits per heavy atom. The summed E-state index contributed by atoms with van der Waals surface area (Å²) in [5, 5.41) is 3.30. The van der Waals surface area contributed by atoms with Gasteiger partial charge in [0.05, 0.1) is 0 Å². The molecule has 6 heteroatoms. The van der Waals surface area contributed by atoms with Gasteiger partial charge in [0.2, 0.25) is 5.91 Å². The molecule has 0 aromatic heterocycles. The van der Waals surface area contributed by atoms with Gasteiger partial charge in [0.1, 0.15) is 5.75 Å². The van der Waals surface area contributed by atoms with Gasteiger partial charge in [-0.25, -0.2) is 8.42 Å². The van der Waals surface area contributed by atoms with Crippen molar-refractivity contribution >= 4 is 15.7 Å². The molecule has 0 aromatic carbocycles. The second-order valence-electron chi connectivity index (χ2n) is 4.70. The van der Waals surface area contributed by atoms with Crippen LogP contribution in [0.1, 0.15) is 19.8 Å². The van der Waals surface area contributed by atoms with E-state index in [1.165, 1.54) is 0 Å². The van der Waals surface area contributed by atoms with E-state index in [1.807, 2.05) is 0 Å². The summed E-state index contributed by atoms with van der Waals surface area (Å²) >= 11 is 0. The van der Waals surface area contributed by atoms with Crippen molar-refractivity contribution in [3.05, 3.63) is 0 Å². The zero-order valence-corrected chi connectivity index (χ0v) is 11.4. The molecule has 0 atom stereocenters. The monoisotopic (exact) mass is 262 g/mol. The van der Waals surface area contributed by atoms with Crippen LogP contribution in [0.2, 0.25) is 0 Å². The quantitative estimate of drug-likeness (QED) is 0.750. The molecule has 1 heterocycles. The molecule has 1 aliphatic heterocycles. The molecule has 1 saturated heterocycles. The molecule has 1 fully saturated rings. The van der Waals surface area contributed by atoms with Crippen LogP contribution in [0.4, 0.5) is 0 Å². The van der Waals surface area contributed by atoms with Gasteiger partial charge in [0.25, 0.3) is 0 Å². The number of amides is 1. The second kappa shape index (κ2) is 6.35. The molecule has 0 aliphatic carbocycles. The van der Waals surface area contributed by atoms with Gasteiger partial charge in [-0.2, -0.15) is 0 Å². The molecule has 1 aliphatic rings. The van der Waals surface area contributed by atoms with Crippen molar-refractivity contribution in [2.75, 3.05) is 38.2 Å². The maximum absolute atomic E-state index is 11.7. The summed E-state index contributed by atoms with van der Waals surface area (Å²) in [5.41, 5.74) is 0. The first kappa shape index (κ1) is 14.4. The van der Waals surface area contributed by atoms with Crippen LogP contribution in [0.15, 0.2) is 0 Å². The molecule has 0 radical (unpaired) electrons. The number of carbonyl (C=O) groups is 1. The van der Waals surface area contributed by atoms with Gasteiger partial charge in [0.15, 0.2) is 9.84 Å². The number of sulfone groups is 1. The van der Waals surface area contributed by atoms with Crippen molar-refractivity contribution in [2.45, 2.75) is 19.8 Å². The van der Waals surface area contributed by atoms with E-state index in [1.54, 1.807) is 4.90 Å². The highest BCUT2D eigenvalue weighted by Crippen LogP contribution is 2.16. The fraction of sp³-hybridized carbons (Fsp3) is 0.909. The molecular weight excluding hydrogens is 240 g/mol. The Morgan fingerprint density at radius 1 is 1.35 bits per heavy atom. The van der Waals surface area contributed by atoms with Crippen LogP contribution in [-0.2, 0) is 14.6 Å². The lowest BCUT2D eigenvalue weighted by Crippen LogP contribution is -2.43. The molecule has 1 rings (SSSR count). The molecule has 0 spiro atoms. The van der Waals surface area contributed by atoms with Crippen molar-refractivity contribution < 1.29 is 13.2 Å². The van der Waals surface area contributed by atoms with Crippen LogP contribution in [-0.4, -0.2) is 57.4 Å². The Morgan fingerprint density at radius 3 is 2.41 bits per heavy atom. The molecular formula is C11H22N2O3S. The van der Waals surface area contributed by atoms with Gasteiger partial charge in [-0.15, -0.1) is 0 Å². The lowest BCUT2D eigenvalue weighted by atomic mass is 9.97. The predicted octanol–water partition coefficient (Wildman–Crippen LogP) is -0.121. The first-order chi connectivity index (χ1) is 7.92. The lowest BCUT2D eigenvalue weighted by Gasteiger charge is -2.32. The fourth-order valence-corrected chi connectivity index (χ4v) is 2.68. The number of rotatable bonds is 5. The minimum atomic E-state index is -3.20. The first-order valence-corrected chi connectivity index (χ1v) is 8.14. The number of nitrogens with one attached hydrogen (secondary N) is 1. The van der Waals surface area contributed by atoms with Crippen LogP contribution >= 0.6 is 0 Å². The van der Waals surface area contributed by atoms with E-state index >= 15 is 0 Å². The maximum Gasteiger partial charge on any atom is 0.237 e. The van der Waals surface area contributed by atoms with Gasteiger partial charge in [0, 0.05) is 19.3 Å². The summed E-state index contributed by atoms with van der Waals surface area (Å²) in [5.74, 6) is -0.00291. The van der Waals surface area contributed by atoms with Gasteiger partial charge in [-0.3, -0.25) is 4.79 Å². The number of hydrogen-bond acceptors (Lipinski definition) is 4. The standard InChI is InChI=1S/C11H22N2O3S/c1-3-12-8-10-4-6-13(7-5-10)11(14)9-17(2,15)16/h10,12H,3-9H2,1-2H3. The molecule has 0 bridgehead atoms. The van der Waals surface area contributed by atoms with E-state index in [0.717, 1.165) is 32.2 Å². The second-order valence-corrected chi connectivity index (χ2v) is 6.84. The van der Waals surface area contributed by atoms with E-state index in [0.29, 0.717) is 19.0 Å². The summed E-state index contributed by atoms with van der Waals surface area (Å²) in [7, 11) is -3.20. The lowest BCUT2D eigenvalue weighted by molar-refractivity contribution is -0.129. The molecule has 1 N–H and O–H groups in total. The highest BCUT2D eigenvalue weighted by molar-refractivity contribution is 7.91. The van der Waals surface area contributed by atoms with Crippen LogP contribution in [0.25, 0.3) is 0 Å². The molecule has 100 valence electrons. The van der Waals surface area contributed by atoms with Crippen molar-refractivity contribution in [1.29, 1.82) is 0 Å². The third-order valence-corrected chi connectivity index (χ3v) is 3.81. The average molecular weight is 262 g/mol. The molecule has 5 nitrogen and oxygen atoms in total. The molecule has 0 saturated carbocycles. The predicted molar refractivity (Wildman–Crippen MR) is 67.6 cm³/mol. The number of hydrogen-bond donors (Lipinski definition) is 1.